The van der Waals surface area contributed by atoms with Gasteiger partial charge in [0.05, 0.1) is 34.7 Å². The summed E-state index contributed by atoms with van der Waals surface area (Å²) in [5.41, 5.74) is 28.9. The van der Waals surface area contributed by atoms with Crippen molar-refractivity contribution in [1.29, 1.82) is 0 Å². The Morgan fingerprint density at radius 3 is 1.34 bits per heavy atom. The molecule has 25 heteroatoms. The first kappa shape index (κ1) is 71.4. The summed E-state index contributed by atoms with van der Waals surface area (Å²) < 4.78 is 0.881. The minimum absolute atomic E-state index is 0.0628. The maximum atomic E-state index is 13.0. The summed E-state index contributed by atoms with van der Waals surface area (Å²) >= 11 is 20.9. The Hall–Kier alpha value is -8.85. The van der Waals surface area contributed by atoms with Crippen LogP contribution in [0.3, 0.4) is 0 Å². The van der Waals surface area contributed by atoms with Gasteiger partial charge in [0.15, 0.2) is 0 Å². The summed E-state index contributed by atoms with van der Waals surface area (Å²) in [6.07, 6.45) is 21.4. The highest BCUT2D eigenvalue weighted by atomic mass is 80.9. The van der Waals surface area contributed by atoms with Crippen LogP contribution in [-0.2, 0) is 24.1 Å². The fourth-order valence-electron chi connectivity index (χ4n) is 11.5. The molecule has 19 nitrogen and oxygen atoms in total. The van der Waals surface area contributed by atoms with Crippen molar-refractivity contribution in [2.45, 2.75) is 45.4 Å². The van der Waals surface area contributed by atoms with Crippen LogP contribution in [0.25, 0.3) is 109 Å². The minimum atomic E-state index is -1.43. The standard InChI is InChI=1S/C25H21ClN4O.C19H17BrN4O.C19H18N4O.C6H6BClO2.C2H4O2.Br2/c26-19-5-1-3-16(9-19)23-14-28-25(31)24-21-10-15(18-12-29-30-13-18)6-7-20(21)17(4-2-8-27)11-22(23)24;20-17-10-22-19(25)18-15-6-11(13-8-23-24-9-13)3-4-14(15)12(2-1-5-21)7-16(17)18;20-6-1-2-13-8-14-5-7-21-19(24)18(14)17-9-12(3-4-16(13)17)15-10-22-23-11-15;8-6-3-1-2-5(4-6)7(9)10;1-2(3)4;1-2/h1,3,5-7,9-14H,2,4,8,27H2,(H,28,31)(H,29,30);3-4,6-10H,1-2,5,21H2,(H,22,25)(H,23,24);3-5,7-11H,1-2,6,20H2,(H,21,24)(H,22,23);1-4,9-10H;1H3,(H,3,4);. The van der Waals surface area contributed by atoms with E-state index in [4.69, 9.17) is 60.4 Å². The fraction of sp³-hybridized carbons (Fsp3) is 0.141. The molecule has 0 fully saturated rings. The van der Waals surface area contributed by atoms with Crippen LogP contribution >= 0.6 is 67.4 Å². The number of aliphatic carboxylic acids is 1. The van der Waals surface area contributed by atoms with E-state index in [0.29, 0.717) is 45.9 Å². The molecule has 0 aliphatic rings. The number of hydrogen-bond donors (Lipinski definition) is 12. The normalized spacial score (nSPS) is 10.8. The molecule has 0 aliphatic carbocycles. The van der Waals surface area contributed by atoms with Gasteiger partial charge >= 0.3 is 7.12 Å². The highest BCUT2D eigenvalue weighted by molar-refractivity contribution is 9.93. The van der Waals surface area contributed by atoms with Gasteiger partial charge in [0, 0.05) is 115 Å². The van der Waals surface area contributed by atoms with Crippen LogP contribution < -0.4 is 39.3 Å². The summed E-state index contributed by atoms with van der Waals surface area (Å²) in [7, 11) is -1.43. The lowest BCUT2D eigenvalue weighted by Gasteiger charge is -2.14. The summed E-state index contributed by atoms with van der Waals surface area (Å²) in [4.78, 5) is 55.6. The second kappa shape index (κ2) is 34.2. The third-order valence-corrected chi connectivity index (χ3v) is 16.9. The van der Waals surface area contributed by atoms with E-state index < -0.39 is 13.1 Å². The molecule has 0 bridgehead atoms. The highest BCUT2D eigenvalue weighted by Crippen LogP contribution is 2.38. The number of nitrogens with zero attached hydrogens (tertiary/aromatic N) is 3. The number of hydrogen-bond acceptors (Lipinski definition) is 12. The predicted octanol–water partition coefficient (Wildman–Crippen LogP) is 13.8. The Morgan fingerprint density at radius 2 is 0.906 bits per heavy atom. The molecular formula is C71H66BBr3Cl2N12O7. The molecule has 15 N–H and O–H groups in total. The van der Waals surface area contributed by atoms with Gasteiger partial charge in [-0.3, -0.25) is 34.5 Å². The zero-order valence-electron chi connectivity index (χ0n) is 51.7. The van der Waals surface area contributed by atoms with Gasteiger partial charge in [-0.2, -0.15) is 15.3 Å². The quantitative estimate of drug-likeness (QED) is 0.0356. The number of aromatic nitrogens is 9. The Labute approximate surface area is 584 Å². The third-order valence-electron chi connectivity index (χ3n) is 15.8. The van der Waals surface area contributed by atoms with E-state index in [1.807, 2.05) is 48.9 Å². The SMILES string of the molecule is BrBr.CC(=O)O.NCCCc1cc2c(-c3cccc(Cl)c3)c[nH]c(=O)c2c2cc(-c3cn[nH]c3)ccc12.NCCCc1cc2c(Br)c[nH]c(=O)c2c2cc(-c3cn[nH]c3)ccc12.NCCCc1cc2cc[nH]c(=O)c2c2cc(-c3cn[nH]c3)ccc12.OB(O)c1cccc(Cl)c1. The Bertz CT molecular complexity index is 5170. The Balaban J connectivity index is 0.000000153. The molecule has 8 aromatic carbocycles. The van der Waals surface area contributed by atoms with Crippen molar-refractivity contribution in [3.63, 3.8) is 0 Å². The first-order valence-corrected chi connectivity index (χ1v) is 35.6. The molecular weight excluding hydrogens is 1450 g/mol. The van der Waals surface area contributed by atoms with Crippen LogP contribution in [0.15, 0.2) is 202 Å². The first-order chi connectivity index (χ1) is 46.5. The van der Waals surface area contributed by atoms with Crippen molar-refractivity contribution in [2.75, 3.05) is 19.6 Å². The lowest BCUT2D eigenvalue weighted by Crippen LogP contribution is -2.29. The van der Waals surface area contributed by atoms with E-state index in [2.05, 4.69) is 163 Å². The maximum Gasteiger partial charge on any atom is 0.488 e. The number of pyridine rings is 3. The van der Waals surface area contributed by atoms with Crippen LogP contribution in [0.5, 0.6) is 0 Å². The van der Waals surface area contributed by atoms with Crippen LogP contribution in [0.1, 0.15) is 42.9 Å². The molecule has 0 saturated heterocycles. The van der Waals surface area contributed by atoms with Gasteiger partial charge in [-0.05, 0) is 222 Å². The zero-order valence-corrected chi connectivity index (χ0v) is 58.0. The molecule has 14 rings (SSSR count). The number of halogens is 5. The summed E-state index contributed by atoms with van der Waals surface area (Å²) in [6, 6.07) is 41.1. The molecule has 0 aliphatic heterocycles. The first-order valence-electron chi connectivity index (χ1n) is 30.3. The van der Waals surface area contributed by atoms with E-state index in [1.165, 1.54) is 22.8 Å². The number of aromatic amines is 6. The second-order valence-corrected chi connectivity index (χ2v) is 23.8. The van der Waals surface area contributed by atoms with Crippen LogP contribution in [0, 0.1) is 0 Å². The molecule has 0 radical (unpaired) electrons. The lowest BCUT2D eigenvalue weighted by atomic mass is 9.81. The van der Waals surface area contributed by atoms with E-state index >= 15 is 0 Å². The molecule has 6 heterocycles. The average molecular weight is 1520 g/mol. The maximum absolute atomic E-state index is 13.0. The minimum Gasteiger partial charge on any atom is -0.481 e. The molecule has 490 valence electrons. The zero-order chi connectivity index (χ0) is 68.4. The number of carbonyl (C=O) groups is 1. The van der Waals surface area contributed by atoms with Crippen LogP contribution in [-0.4, -0.2) is 93.4 Å². The van der Waals surface area contributed by atoms with Gasteiger partial charge in [-0.1, -0.05) is 89.9 Å². The number of carboxylic acid groups (broad SMARTS) is 1. The highest BCUT2D eigenvalue weighted by Gasteiger charge is 2.18. The monoisotopic (exact) mass is 1520 g/mol. The van der Waals surface area contributed by atoms with Gasteiger partial charge in [0.25, 0.3) is 22.6 Å². The summed E-state index contributed by atoms with van der Waals surface area (Å²) in [6.45, 7) is 2.99. The molecule has 6 aromatic heterocycles. The molecule has 96 heavy (non-hydrogen) atoms. The van der Waals surface area contributed by atoms with Gasteiger partial charge in [0.1, 0.15) is 0 Å². The van der Waals surface area contributed by atoms with Crippen molar-refractivity contribution in [1.82, 2.24) is 45.5 Å². The fourth-order valence-corrected chi connectivity index (χ4v) is 12.3. The molecule has 14 aromatic rings. The molecule has 0 unspecified atom stereocenters. The van der Waals surface area contributed by atoms with Crippen molar-refractivity contribution in [3.05, 3.63) is 245 Å². The van der Waals surface area contributed by atoms with Crippen LogP contribution in [0.4, 0.5) is 0 Å². The number of nitrogens with two attached hydrogens (primary N) is 3. The van der Waals surface area contributed by atoms with Crippen molar-refractivity contribution < 1.29 is 19.9 Å². The van der Waals surface area contributed by atoms with E-state index in [9.17, 15) is 14.4 Å². The van der Waals surface area contributed by atoms with Crippen molar-refractivity contribution in [3.8, 4) is 44.5 Å². The Morgan fingerprint density at radius 1 is 0.479 bits per heavy atom. The number of aryl methyl sites for hydroxylation is 3. The topological polar surface area (TPSA) is 340 Å². The molecule has 0 atom stereocenters. The number of nitrogens with one attached hydrogen (secondary N) is 6. The number of H-pyrrole nitrogens is 6. The smallest absolute Gasteiger partial charge is 0.481 e. The number of rotatable bonds is 14. The molecule has 0 saturated carbocycles. The van der Waals surface area contributed by atoms with Crippen LogP contribution in [0.2, 0.25) is 10.0 Å². The molecule has 0 amide bonds. The van der Waals surface area contributed by atoms with Gasteiger partial charge in [-0.15, -0.1) is 0 Å². The van der Waals surface area contributed by atoms with E-state index in [-0.39, 0.29) is 16.7 Å². The largest absolute Gasteiger partial charge is 0.488 e. The predicted molar refractivity (Wildman–Crippen MR) is 402 cm³/mol. The number of fused-ring (bicyclic) bond motifs is 9. The van der Waals surface area contributed by atoms with E-state index in [1.54, 1.807) is 55.4 Å². The average Bonchev–Trinajstić information content (AvgIpc) is 0.859. The third kappa shape index (κ3) is 17.2. The number of benzene rings is 8. The summed E-state index contributed by atoms with van der Waals surface area (Å²) in [5, 5.41) is 57.5. The second-order valence-electron chi connectivity index (χ2n) is 22.1. The Kier molecular flexibility index (Phi) is 25.5. The summed E-state index contributed by atoms with van der Waals surface area (Å²) in [5.74, 6) is -0.833. The molecule has 0 spiro atoms. The number of carboxylic acids is 1. The van der Waals surface area contributed by atoms with Gasteiger partial charge in [0.2, 0.25) is 0 Å². The van der Waals surface area contributed by atoms with Gasteiger partial charge in [-0.25, -0.2) is 0 Å². The van der Waals surface area contributed by atoms with Gasteiger partial charge < -0.3 is 47.3 Å². The lowest BCUT2D eigenvalue weighted by molar-refractivity contribution is -0.134. The van der Waals surface area contributed by atoms with Crippen molar-refractivity contribution >= 4 is 151 Å². The van der Waals surface area contributed by atoms with E-state index in [0.717, 1.165) is 148 Å². The van der Waals surface area contributed by atoms with Crippen molar-refractivity contribution in [2.24, 2.45) is 17.2 Å².